The van der Waals surface area contributed by atoms with E-state index >= 15 is 0 Å². The second-order valence-electron chi connectivity index (χ2n) is 8.86. The molecule has 0 radical (unpaired) electrons. The maximum absolute atomic E-state index is 12.9. The van der Waals surface area contributed by atoms with Crippen LogP contribution in [-0.2, 0) is 6.61 Å². The Labute approximate surface area is 201 Å². The van der Waals surface area contributed by atoms with Gasteiger partial charge in [0.15, 0.2) is 0 Å². The number of hydrogen-bond donors (Lipinski definition) is 1. The second kappa shape index (κ2) is 10.8. The predicted octanol–water partition coefficient (Wildman–Crippen LogP) is 6.65. The quantitative estimate of drug-likeness (QED) is 0.427. The lowest BCUT2D eigenvalue weighted by Crippen LogP contribution is -2.32. The van der Waals surface area contributed by atoms with Crippen LogP contribution in [0.3, 0.4) is 0 Å². The fraction of sp³-hybridized carbons (Fsp3) is 0.321. The molecule has 1 N–H and O–H groups in total. The molecule has 0 bridgehead atoms. The van der Waals surface area contributed by atoms with Gasteiger partial charge in [-0.15, -0.1) is 0 Å². The maximum atomic E-state index is 12.9. The van der Waals surface area contributed by atoms with Crippen molar-refractivity contribution >= 4 is 23.2 Å². The minimum absolute atomic E-state index is 0.0966. The van der Waals surface area contributed by atoms with E-state index in [2.05, 4.69) is 41.4 Å². The Balaban J connectivity index is 1.35. The molecule has 0 aliphatic carbocycles. The molecule has 33 heavy (non-hydrogen) atoms. The molecular formula is C28H31ClN2O2. The number of amides is 1. The second-order valence-corrected chi connectivity index (χ2v) is 9.27. The minimum Gasteiger partial charge on any atom is -0.489 e. The zero-order chi connectivity index (χ0) is 23.2. The van der Waals surface area contributed by atoms with Crippen molar-refractivity contribution in [1.29, 1.82) is 0 Å². The third-order valence-electron chi connectivity index (χ3n) is 6.34. The van der Waals surface area contributed by atoms with E-state index in [1.807, 2.05) is 43.3 Å². The first-order valence-corrected chi connectivity index (χ1v) is 12.0. The summed E-state index contributed by atoms with van der Waals surface area (Å²) in [6.07, 6.45) is 2.49. The summed E-state index contributed by atoms with van der Waals surface area (Å²) in [5, 5.41) is 3.77. The van der Waals surface area contributed by atoms with E-state index in [-0.39, 0.29) is 11.9 Å². The number of nitrogens with zero attached hydrogens (tertiary/aromatic N) is 1. The van der Waals surface area contributed by atoms with Crippen LogP contribution in [0.25, 0.3) is 0 Å². The van der Waals surface area contributed by atoms with Crippen molar-refractivity contribution in [2.75, 3.05) is 18.0 Å². The molecule has 1 aliphatic rings. The Bertz CT molecular complexity index is 1080. The molecule has 4 rings (SSSR count). The van der Waals surface area contributed by atoms with Gasteiger partial charge in [-0.25, -0.2) is 0 Å². The van der Waals surface area contributed by atoms with E-state index in [0.29, 0.717) is 22.9 Å². The summed E-state index contributed by atoms with van der Waals surface area (Å²) in [5.41, 5.74) is 3.82. The Morgan fingerprint density at radius 3 is 2.52 bits per heavy atom. The van der Waals surface area contributed by atoms with Gasteiger partial charge in [-0.2, -0.15) is 0 Å². The lowest BCUT2D eigenvalue weighted by Gasteiger charge is -2.32. The number of hydrogen-bond acceptors (Lipinski definition) is 3. The number of rotatable bonds is 7. The summed E-state index contributed by atoms with van der Waals surface area (Å²) in [6.45, 7) is 6.91. The van der Waals surface area contributed by atoms with Gasteiger partial charge >= 0.3 is 0 Å². The first-order valence-electron chi connectivity index (χ1n) is 11.6. The molecule has 0 unspecified atom stereocenters. The fourth-order valence-corrected chi connectivity index (χ4v) is 4.30. The first-order chi connectivity index (χ1) is 16.0. The summed E-state index contributed by atoms with van der Waals surface area (Å²) in [6, 6.07) is 23.3. The molecule has 3 aromatic carbocycles. The zero-order valence-electron chi connectivity index (χ0n) is 19.3. The molecule has 4 nitrogen and oxygen atoms in total. The van der Waals surface area contributed by atoms with Gasteiger partial charge in [-0.3, -0.25) is 4.79 Å². The van der Waals surface area contributed by atoms with Crippen molar-refractivity contribution in [2.24, 2.45) is 5.92 Å². The van der Waals surface area contributed by atoms with Gasteiger partial charge < -0.3 is 15.0 Å². The molecule has 5 heteroatoms. The van der Waals surface area contributed by atoms with Gasteiger partial charge in [0.1, 0.15) is 12.4 Å². The Kier molecular flexibility index (Phi) is 7.56. The van der Waals surface area contributed by atoms with Crippen molar-refractivity contribution in [1.82, 2.24) is 5.32 Å². The monoisotopic (exact) mass is 462 g/mol. The van der Waals surface area contributed by atoms with E-state index < -0.39 is 0 Å². The van der Waals surface area contributed by atoms with Crippen LogP contribution in [0.4, 0.5) is 5.69 Å². The number of halogens is 1. The highest BCUT2D eigenvalue weighted by Crippen LogP contribution is 2.25. The average molecular weight is 463 g/mol. The summed E-state index contributed by atoms with van der Waals surface area (Å²) in [5.74, 6) is 1.33. The Morgan fingerprint density at radius 2 is 1.79 bits per heavy atom. The Morgan fingerprint density at radius 1 is 1.06 bits per heavy atom. The smallest absolute Gasteiger partial charge is 0.251 e. The van der Waals surface area contributed by atoms with Crippen LogP contribution in [0.1, 0.15) is 54.2 Å². The number of ether oxygens (including phenoxy) is 1. The number of benzene rings is 3. The van der Waals surface area contributed by atoms with Gasteiger partial charge in [0.2, 0.25) is 0 Å². The fourth-order valence-electron chi connectivity index (χ4n) is 4.11. The zero-order valence-corrected chi connectivity index (χ0v) is 20.0. The first kappa shape index (κ1) is 23.2. The molecule has 1 amide bonds. The van der Waals surface area contributed by atoms with Gasteiger partial charge in [-0.05, 0) is 67.6 Å². The third kappa shape index (κ3) is 6.08. The van der Waals surface area contributed by atoms with E-state index in [0.717, 1.165) is 30.1 Å². The molecule has 0 aromatic heterocycles. The molecule has 1 saturated heterocycles. The van der Waals surface area contributed by atoms with Crippen LogP contribution in [-0.4, -0.2) is 19.0 Å². The van der Waals surface area contributed by atoms with Crippen molar-refractivity contribution < 1.29 is 9.53 Å². The third-order valence-corrected chi connectivity index (χ3v) is 6.71. The molecule has 1 heterocycles. The van der Waals surface area contributed by atoms with Crippen molar-refractivity contribution in [3.63, 3.8) is 0 Å². The lowest BCUT2D eigenvalue weighted by atomic mass is 9.98. The van der Waals surface area contributed by atoms with Crippen LogP contribution >= 0.6 is 11.6 Å². The number of carbonyl (C=O) groups is 1. The van der Waals surface area contributed by atoms with Gasteiger partial charge in [0, 0.05) is 34.9 Å². The van der Waals surface area contributed by atoms with E-state index in [9.17, 15) is 4.79 Å². The van der Waals surface area contributed by atoms with Crippen molar-refractivity contribution in [3.8, 4) is 5.75 Å². The number of carbonyl (C=O) groups excluding carboxylic acids is 1. The standard InChI is InChI=1S/C28H31ClN2O2/c1-20-14-16-31(17-15-20)25-12-10-22(11-13-25)21(2)30-28(32)23-7-5-8-26(18-23)33-19-24-6-3-4-9-27(24)29/h3-13,18,20-21H,14-17,19H2,1-2H3,(H,30,32)/t21-/m0/s1. The highest BCUT2D eigenvalue weighted by molar-refractivity contribution is 6.31. The van der Waals surface area contributed by atoms with Crippen LogP contribution < -0.4 is 15.0 Å². The highest BCUT2D eigenvalue weighted by Gasteiger charge is 2.17. The topological polar surface area (TPSA) is 41.6 Å². The number of nitrogens with one attached hydrogen (secondary N) is 1. The minimum atomic E-state index is -0.125. The van der Waals surface area contributed by atoms with Gasteiger partial charge in [-0.1, -0.05) is 54.9 Å². The van der Waals surface area contributed by atoms with E-state index in [4.69, 9.17) is 16.3 Å². The summed E-state index contributed by atoms with van der Waals surface area (Å²) < 4.78 is 5.86. The molecule has 3 aromatic rings. The van der Waals surface area contributed by atoms with E-state index in [1.165, 1.54) is 18.5 Å². The highest BCUT2D eigenvalue weighted by atomic mass is 35.5. The lowest BCUT2D eigenvalue weighted by molar-refractivity contribution is 0.0939. The van der Waals surface area contributed by atoms with Crippen LogP contribution in [0.2, 0.25) is 5.02 Å². The molecular weight excluding hydrogens is 432 g/mol. The van der Waals surface area contributed by atoms with Crippen LogP contribution in [0.5, 0.6) is 5.75 Å². The molecule has 1 fully saturated rings. The average Bonchev–Trinajstić information content (AvgIpc) is 2.84. The number of piperidine rings is 1. The molecule has 1 atom stereocenters. The summed E-state index contributed by atoms with van der Waals surface area (Å²) >= 11 is 6.20. The molecule has 172 valence electrons. The normalized spacial score (nSPS) is 15.2. The van der Waals surface area contributed by atoms with Crippen LogP contribution in [0.15, 0.2) is 72.8 Å². The Hall–Kier alpha value is -2.98. The van der Waals surface area contributed by atoms with E-state index in [1.54, 1.807) is 12.1 Å². The molecule has 0 spiro atoms. The van der Waals surface area contributed by atoms with Crippen molar-refractivity contribution in [3.05, 3.63) is 94.5 Å². The SMILES string of the molecule is CC1CCN(c2ccc([C@H](C)NC(=O)c3cccc(OCc4ccccc4Cl)c3)cc2)CC1. The van der Waals surface area contributed by atoms with Crippen LogP contribution in [0, 0.1) is 5.92 Å². The molecule has 1 aliphatic heterocycles. The maximum Gasteiger partial charge on any atom is 0.251 e. The van der Waals surface area contributed by atoms with Gasteiger partial charge in [0.05, 0.1) is 6.04 Å². The summed E-state index contributed by atoms with van der Waals surface area (Å²) in [7, 11) is 0. The summed E-state index contributed by atoms with van der Waals surface area (Å²) in [4.78, 5) is 15.3. The van der Waals surface area contributed by atoms with Gasteiger partial charge in [0.25, 0.3) is 5.91 Å². The van der Waals surface area contributed by atoms with Crippen molar-refractivity contribution in [2.45, 2.75) is 39.3 Å². The predicted molar refractivity (Wildman–Crippen MR) is 135 cm³/mol. The largest absolute Gasteiger partial charge is 0.489 e. The number of anilines is 1. The molecule has 0 saturated carbocycles.